The van der Waals surface area contributed by atoms with Crippen LogP contribution in [0.1, 0.15) is 21.6 Å². The summed E-state index contributed by atoms with van der Waals surface area (Å²) in [6.45, 7) is 3.73. The van der Waals surface area contributed by atoms with Crippen molar-refractivity contribution in [1.29, 1.82) is 0 Å². The first kappa shape index (κ1) is 28.5. The van der Waals surface area contributed by atoms with Crippen molar-refractivity contribution in [3.63, 3.8) is 0 Å². The molecule has 0 atom stereocenters. The van der Waals surface area contributed by atoms with Gasteiger partial charge in [-0.25, -0.2) is 9.97 Å². The molecule has 11 nitrogen and oxygen atoms in total. The summed E-state index contributed by atoms with van der Waals surface area (Å²) in [4.78, 5) is 41.1. The molecule has 1 aliphatic heterocycles. The van der Waals surface area contributed by atoms with E-state index >= 15 is 0 Å². The number of hydrogen-bond donors (Lipinski definition) is 4. The molecule has 0 spiro atoms. The fourth-order valence-electron chi connectivity index (χ4n) is 3.95. The Morgan fingerprint density at radius 3 is 2.54 bits per heavy atom. The second kappa shape index (κ2) is 13.5. The van der Waals surface area contributed by atoms with Gasteiger partial charge in [-0.3, -0.25) is 14.5 Å². The number of hydrogen-bond acceptors (Lipinski definition) is 7. The molecular weight excluding hydrogens is 633 g/mol. The predicted octanol–water partition coefficient (Wildman–Crippen LogP) is 2.32. The van der Waals surface area contributed by atoms with E-state index in [-0.39, 0.29) is 34.3 Å². The third kappa shape index (κ3) is 8.25. The van der Waals surface area contributed by atoms with Gasteiger partial charge in [0.05, 0.1) is 6.54 Å². The normalized spacial score (nSPS) is 14.4. The maximum atomic E-state index is 12.6. The summed E-state index contributed by atoms with van der Waals surface area (Å²) in [6.07, 6.45) is 0. The second-order valence-electron chi connectivity index (χ2n) is 8.88. The minimum Gasteiger partial charge on any atom is -0.382 e. The maximum Gasteiger partial charge on any atom is 0.302 e. The van der Waals surface area contributed by atoms with Gasteiger partial charge in [-0.1, -0.05) is 54.1 Å². The van der Waals surface area contributed by atoms with Crippen LogP contribution in [0.15, 0.2) is 59.6 Å². The van der Waals surface area contributed by atoms with E-state index in [0.29, 0.717) is 39.3 Å². The summed E-state index contributed by atoms with van der Waals surface area (Å²) >= 11 is 8.47. The van der Waals surface area contributed by atoms with Gasteiger partial charge in [-0.2, -0.15) is 4.99 Å². The van der Waals surface area contributed by atoms with Crippen molar-refractivity contribution in [2.45, 2.75) is 13.1 Å². The number of nitrogens with zero attached hydrogens (tertiary/aromatic N) is 5. The number of rotatable bonds is 9. The molecule has 2 amide bonds. The van der Waals surface area contributed by atoms with E-state index in [4.69, 9.17) is 23.1 Å². The first-order valence-electron chi connectivity index (χ1n) is 12.3. The molecule has 3 aromatic rings. The molecule has 1 saturated heterocycles. The topological polar surface area (TPSA) is 155 Å². The maximum absolute atomic E-state index is 12.6. The number of carbonyl (C=O) groups is 2. The summed E-state index contributed by atoms with van der Waals surface area (Å²) in [6, 6.07) is 17.8. The zero-order valence-electron chi connectivity index (χ0n) is 21.1. The molecule has 0 aliphatic carbocycles. The molecule has 39 heavy (non-hydrogen) atoms. The molecule has 1 aliphatic rings. The van der Waals surface area contributed by atoms with Crippen molar-refractivity contribution in [3.05, 3.63) is 80.1 Å². The molecule has 2 aromatic carbocycles. The highest BCUT2D eigenvalue weighted by molar-refractivity contribution is 14.1. The fraction of sp³-hybridized carbons (Fsp3) is 0.269. The number of guanidine groups is 1. The minimum atomic E-state index is -0.763. The molecule has 13 heteroatoms. The molecule has 4 rings (SSSR count). The summed E-state index contributed by atoms with van der Waals surface area (Å²) in [5.41, 5.74) is 13.8. The van der Waals surface area contributed by atoms with Gasteiger partial charge in [-0.15, -0.1) is 0 Å². The number of amides is 2. The number of nitrogen functional groups attached to an aromatic ring is 1. The number of aromatic nitrogens is 2. The lowest BCUT2D eigenvalue weighted by atomic mass is 10.2. The number of halogens is 2. The van der Waals surface area contributed by atoms with E-state index < -0.39 is 5.91 Å². The van der Waals surface area contributed by atoms with E-state index in [1.54, 1.807) is 0 Å². The molecule has 0 saturated carbocycles. The van der Waals surface area contributed by atoms with E-state index in [2.05, 4.69) is 48.2 Å². The lowest BCUT2D eigenvalue weighted by molar-refractivity contribution is -0.136. The average Bonchev–Trinajstić information content (AvgIpc) is 2.92. The molecule has 1 aromatic heterocycles. The van der Waals surface area contributed by atoms with Crippen LogP contribution in [0, 0.1) is 3.57 Å². The highest BCUT2D eigenvalue weighted by Gasteiger charge is 2.23. The Morgan fingerprint density at radius 2 is 1.82 bits per heavy atom. The van der Waals surface area contributed by atoms with Crippen LogP contribution < -0.4 is 22.1 Å². The summed E-state index contributed by atoms with van der Waals surface area (Å²) in [7, 11) is 0. The van der Waals surface area contributed by atoms with Crippen molar-refractivity contribution in [2.75, 3.05) is 43.8 Å². The zero-order valence-corrected chi connectivity index (χ0v) is 24.0. The monoisotopic (exact) mass is 661 g/mol. The first-order chi connectivity index (χ1) is 18.8. The van der Waals surface area contributed by atoms with E-state index in [9.17, 15) is 9.59 Å². The van der Waals surface area contributed by atoms with Crippen LogP contribution >= 0.6 is 34.2 Å². The largest absolute Gasteiger partial charge is 0.382 e. The van der Waals surface area contributed by atoms with Crippen molar-refractivity contribution >= 4 is 63.6 Å². The molecule has 0 radical (unpaired) electrons. The lowest BCUT2D eigenvalue weighted by Gasteiger charge is -2.34. The van der Waals surface area contributed by atoms with Crippen molar-refractivity contribution < 1.29 is 9.59 Å². The lowest BCUT2D eigenvalue weighted by Crippen LogP contribution is -2.51. The summed E-state index contributed by atoms with van der Waals surface area (Å²) in [5.74, 6) is -0.631. The van der Waals surface area contributed by atoms with Gasteiger partial charge in [-0.05, 0) is 45.9 Å². The van der Waals surface area contributed by atoms with Crippen LogP contribution in [0.25, 0.3) is 0 Å². The van der Waals surface area contributed by atoms with Crippen LogP contribution in [-0.2, 0) is 17.9 Å². The van der Waals surface area contributed by atoms with Gasteiger partial charge in [0.1, 0.15) is 0 Å². The van der Waals surface area contributed by atoms with Gasteiger partial charge < -0.3 is 27.0 Å². The molecule has 6 N–H and O–H groups in total. The van der Waals surface area contributed by atoms with Crippen LogP contribution in [-0.4, -0.2) is 70.3 Å². The van der Waals surface area contributed by atoms with E-state index in [1.807, 2.05) is 64.4 Å². The number of benzene rings is 2. The Morgan fingerprint density at radius 1 is 1.08 bits per heavy atom. The van der Waals surface area contributed by atoms with Crippen molar-refractivity contribution in [3.8, 4) is 0 Å². The highest BCUT2D eigenvalue weighted by Crippen LogP contribution is 2.22. The smallest absolute Gasteiger partial charge is 0.302 e. The fourth-order valence-corrected chi connectivity index (χ4v) is 4.50. The van der Waals surface area contributed by atoms with Crippen LogP contribution in [0.3, 0.4) is 0 Å². The Hall–Kier alpha value is -3.49. The third-order valence-electron chi connectivity index (χ3n) is 6.03. The number of aliphatic imine (C=N–C) groups is 1. The number of anilines is 2. The Kier molecular flexibility index (Phi) is 9.90. The average molecular weight is 662 g/mol. The number of nitrogens with two attached hydrogens (primary N) is 2. The second-order valence-corrected chi connectivity index (χ2v) is 10.5. The summed E-state index contributed by atoms with van der Waals surface area (Å²) < 4.78 is 1.13. The van der Waals surface area contributed by atoms with E-state index in [0.717, 1.165) is 21.2 Å². The molecule has 1 fully saturated rings. The number of nitrogens with one attached hydrogen (secondary N) is 2. The Bertz CT molecular complexity index is 1340. The Labute approximate surface area is 245 Å². The quantitative estimate of drug-likeness (QED) is 0.154. The van der Waals surface area contributed by atoms with Gasteiger partial charge in [0.25, 0.3) is 0 Å². The molecule has 0 bridgehead atoms. The summed E-state index contributed by atoms with van der Waals surface area (Å²) in [5, 5.41) is 5.96. The van der Waals surface area contributed by atoms with Crippen molar-refractivity contribution in [1.82, 2.24) is 25.1 Å². The predicted molar refractivity (Wildman–Crippen MR) is 160 cm³/mol. The zero-order chi connectivity index (χ0) is 27.8. The number of carbonyl (C=O) groups excluding carboxylic acids is 2. The van der Waals surface area contributed by atoms with Crippen LogP contribution in [0.2, 0.25) is 5.15 Å². The highest BCUT2D eigenvalue weighted by atomic mass is 127. The van der Waals surface area contributed by atoms with Gasteiger partial charge in [0.15, 0.2) is 28.4 Å². The first-order valence-corrected chi connectivity index (χ1v) is 13.7. The molecule has 2 heterocycles. The van der Waals surface area contributed by atoms with Gasteiger partial charge in [0, 0.05) is 42.8 Å². The molecular formula is C26H29ClIN9O2. The van der Waals surface area contributed by atoms with Gasteiger partial charge in [0.2, 0.25) is 5.91 Å². The third-order valence-corrected chi connectivity index (χ3v) is 7.01. The number of piperazine rings is 1. The van der Waals surface area contributed by atoms with Crippen LogP contribution in [0.4, 0.5) is 11.6 Å². The SMILES string of the molecule is N/C(=N\C(=O)c1nc(Cl)c(NCc2ccc(I)cc2)nc1N)NCCN1CCN(Cc2ccccc2)C(=O)C1. The van der Waals surface area contributed by atoms with E-state index in [1.165, 1.54) is 0 Å². The minimum absolute atomic E-state index is 0.00383. The standard InChI is InChI=1S/C26H29ClIN9O2/c27-22-24(32-14-17-6-8-19(28)9-7-17)34-23(29)21(33-22)25(39)35-26(30)31-10-11-36-12-13-37(20(38)16-36)15-18-4-2-1-3-5-18/h1-9H,10-16H2,(H3,29,32,34)(H3,30,31,35,39). The Balaban J connectivity index is 1.24. The van der Waals surface area contributed by atoms with Crippen molar-refractivity contribution in [2.24, 2.45) is 10.7 Å². The van der Waals surface area contributed by atoms with Crippen LogP contribution in [0.5, 0.6) is 0 Å². The molecule has 204 valence electrons. The molecule has 0 unspecified atom stereocenters. The van der Waals surface area contributed by atoms with Gasteiger partial charge >= 0.3 is 5.91 Å².